The highest BCUT2D eigenvalue weighted by Gasteiger charge is 2.16. The molecule has 0 saturated carbocycles. The minimum atomic E-state index is -0.508. The normalized spacial score (nSPS) is 12.2. The summed E-state index contributed by atoms with van der Waals surface area (Å²) in [6, 6.07) is 11.6. The first-order valence-corrected chi connectivity index (χ1v) is 6.26. The fourth-order valence-electron chi connectivity index (χ4n) is 1.79. The van der Waals surface area contributed by atoms with Gasteiger partial charge in [-0.05, 0) is 29.8 Å². The van der Waals surface area contributed by atoms with Crippen molar-refractivity contribution < 1.29 is 9.13 Å². The first-order valence-electron chi connectivity index (χ1n) is 5.47. The fourth-order valence-corrected chi connectivity index (χ4v) is 2.37. The molecule has 0 bridgehead atoms. The average molecular weight is 310 g/mol. The van der Waals surface area contributed by atoms with E-state index in [4.69, 9.17) is 10.5 Å². The molecular weight excluding hydrogens is 297 g/mol. The van der Waals surface area contributed by atoms with Gasteiger partial charge in [-0.1, -0.05) is 34.1 Å². The molecule has 0 spiro atoms. The minimum Gasteiger partial charge on any atom is -0.497 e. The van der Waals surface area contributed by atoms with E-state index < -0.39 is 6.04 Å². The van der Waals surface area contributed by atoms with E-state index in [1.54, 1.807) is 19.2 Å². The molecule has 0 saturated heterocycles. The molecule has 2 rings (SSSR count). The second-order valence-corrected chi connectivity index (χ2v) is 4.74. The van der Waals surface area contributed by atoms with Crippen molar-refractivity contribution in [3.63, 3.8) is 0 Å². The Hall–Kier alpha value is -1.39. The summed E-state index contributed by atoms with van der Waals surface area (Å²) in [5.74, 6) is 0.436. The highest BCUT2D eigenvalue weighted by Crippen LogP contribution is 2.29. The molecule has 0 amide bonds. The number of nitrogens with two attached hydrogens (primary N) is 1. The Morgan fingerprint density at radius 3 is 2.39 bits per heavy atom. The molecule has 1 unspecified atom stereocenters. The lowest BCUT2D eigenvalue weighted by atomic mass is 9.99. The maximum atomic E-state index is 13.8. The second-order valence-electron chi connectivity index (χ2n) is 3.89. The summed E-state index contributed by atoms with van der Waals surface area (Å²) < 4.78 is 19.5. The SMILES string of the molecule is COc1ccc(C(N)c2c(F)cccc2Br)cc1. The molecule has 2 aromatic rings. The van der Waals surface area contributed by atoms with E-state index in [2.05, 4.69) is 15.9 Å². The van der Waals surface area contributed by atoms with E-state index in [9.17, 15) is 4.39 Å². The van der Waals surface area contributed by atoms with Crippen molar-refractivity contribution in [2.24, 2.45) is 5.73 Å². The van der Waals surface area contributed by atoms with Crippen LogP contribution in [0.1, 0.15) is 17.2 Å². The van der Waals surface area contributed by atoms with E-state index >= 15 is 0 Å². The highest BCUT2D eigenvalue weighted by molar-refractivity contribution is 9.10. The van der Waals surface area contributed by atoms with Gasteiger partial charge in [-0.25, -0.2) is 4.39 Å². The van der Waals surface area contributed by atoms with Crippen molar-refractivity contribution in [3.8, 4) is 5.75 Å². The summed E-state index contributed by atoms with van der Waals surface area (Å²) in [4.78, 5) is 0. The van der Waals surface area contributed by atoms with Crippen LogP contribution in [-0.2, 0) is 0 Å². The number of halogens is 2. The van der Waals surface area contributed by atoms with E-state index in [0.29, 0.717) is 10.0 Å². The van der Waals surface area contributed by atoms with Gasteiger partial charge in [0.2, 0.25) is 0 Å². The lowest BCUT2D eigenvalue weighted by Crippen LogP contribution is -2.14. The molecule has 0 aliphatic rings. The van der Waals surface area contributed by atoms with E-state index in [0.717, 1.165) is 11.3 Å². The molecule has 1 atom stereocenters. The van der Waals surface area contributed by atoms with Crippen LogP contribution in [0.3, 0.4) is 0 Å². The number of ether oxygens (including phenoxy) is 1. The zero-order chi connectivity index (χ0) is 13.1. The Morgan fingerprint density at radius 1 is 1.17 bits per heavy atom. The van der Waals surface area contributed by atoms with E-state index in [1.165, 1.54) is 6.07 Å². The Labute approximate surface area is 114 Å². The number of hydrogen-bond donors (Lipinski definition) is 1. The van der Waals surface area contributed by atoms with Crippen molar-refractivity contribution >= 4 is 15.9 Å². The Bertz CT molecular complexity index is 522. The van der Waals surface area contributed by atoms with Crippen LogP contribution in [0.4, 0.5) is 4.39 Å². The van der Waals surface area contributed by atoms with Crippen molar-refractivity contribution in [1.29, 1.82) is 0 Å². The van der Waals surface area contributed by atoms with Crippen LogP contribution in [0.5, 0.6) is 5.75 Å². The van der Waals surface area contributed by atoms with Crippen molar-refractivity contribution in [2.45, 2.75) is 6.04 Å². The van der Waals surface area contributed by atoms with Crippen LogP contribution in [0.15, 0.2) is 46.9 Å². The standard InChI is InChI=1S/C14H13BrFNO/c1-18-10-7-5-9(6-8-10)14(17)13-11(15)3-2-4-12(13)16/h2-8,14H,17H2,1H3. The van der Waals surface area contributed by atoms with Crippen LogP contribution in [0, 0.1) is 5.82 Å². The molecule has 4 heteroatoms. The smallest absolute Gasteiger partial charge is 0.129 e. The molecular formula is C14H13BrFNO. The molecule has 94 valence electrons. The van der Waals surface area contributed by atoms with Crippen molar-refractivity contribution in [2.75, 3.05) is 7.11 Å². The van der Waals surface area contributed by atoms with Gasteiger partial charge in [-0.2, -0.15) is 0 Å². The summed E-state index contributed by atoms with van der Waals surface area (Å²) in [5.41, 5.74) is 7.39. The van der Waals surface area contributed by atoms with Gasteiger partial charge in [0.25, 0.3) is 0 Å². The number of rotatable bonds is 3. The molecule has 0 aromatic heterocycles. The zero-order valence-electron chi connectivity index (χ0n) is 9.86. The molecule has 2 nitrogen and oxygen atoms in total. The highest BCUT2D eigenvalue weighted by atomic mass is 79.9. The van der Waals surface area contributed by atoms with Gasteiger partial charge in [-0.3, -0.25) is 0 Å². The maximum Gasteiger partial charge on any atom is 0.129 e. The van der Waals surface area contributed by atoms with Gasteiger partial charge >= 0.3 is 0 Å². The molecule has 0 aliphatic heterocycles. The van der Waals surface area contributed by atoms with Crippen LogP contribution < -0.4 is 10.5 Å². The summed E-state index contributed by atoms with van der Waals surface area (Å²) in [5, 5.41) is 0. The van der Waals surface area contributed by atoms with Crippen LogP contribution in [0.25, 0.3) is 0 Å². The summed E-state index contributed by atoms with van der Waals surface area (Å²) in [6.45, 7) is 0. The predicted molar refractivity (Wildman–Crippen MR) is 73.1 cm³/mol. The lowest BCUT2D eigenvalue weighted by molar-refractivity contribution is 0.414. The van der Waals surface area contributed by atoms with Gasteiger partial charge < -0.3 is 10.5 Å². The fraction of sp³-hybridized carbons (Fsp3) is 0.143. The Kier molecular flexibility index (Phi) is 3.99. The first kappa shape index (κ1) is 13.1. The third kappa shape index (κ3) is 2.54. The molecule has 2 N–H and O–H groups in total. The maximum absolute atomic E-state index is 13.8. The number of methoxy groups -OCH3 is 1. The first-order chi connectivity index (χ1) is 8.63. The minimum absolute atomic E-state index is 0.312. The zero-order valence-corrected chi connectivity index (χ0v) is 11.4. The molecule has 0 aliphatic carbocycles. The van der Waals surface area contributed by atoms with Gasteiger partial charge in [0, 0.05) is 10.0 Å². The van der Waals surface area contributed by atoms with Crippen LogP contribution >= 0.6 is 15.9 Å². The lowest BCUT2D eigenvalue weighted by Gasteiger charge is -2.15. The quantitative estimate of drug-likeness (QED) is 0.939. The second kappa shape index (κ2) is 5.50. The summed E-state index contributed by atoms with van der Waals surface area (Å²) in [7, 11) is 1.60. The topological polar surface area (TPSA) is 35.2 Å². The van der Waals surface area contributed by atoms with E-state index in [1.807, 2.05) is 24.3 Å². The molecule has 0 radical (unpaired) electrons. The summed E-state index contributed by atoms with van der Waals surface area (Å²) in [6.07, 6.45) is 0. The number of benzene rings is 2. The molecule has 2 aromatic carbocycles. The van der Waals surface area contributed by atoms with Gasteiger partial charge in [0.15, 0.2) is 0 Å². The Balaban J connectivity index is 2.38. The van der Waals surface area contributed by atoms with Gasteiger partial charge in [0.1, 0.15) is 11.6 Å². The van der Waals surface area contributed by atoms with E-state index in [-0.39, 0.29) is 5.82 Å². The molecule has 0 heterocycles. The third-order valence-corrected chi connectivity index (χ3v) is 3.48. The Morgan fingerprint density at radius 2 is 1.83 bits per heavy atom. The van der Waals surface area contributed by atoms with Crippen LogP contribution in [0.2, 0.25) is 0 Å². The predicted octanol–water partition coefficient (Wildman–Crippen LogP) is 3.64. The van der Waals surface area contributed by atoms with Crippen molar-refractivity contribution in [1.82, 2.24) is 0 Å². The largest absolute Gasteiger partial charge is 0.497 e. The number of hydrogen-bond acceptors (Lipinski definition) is 2. The van der Waals surface area contributed by atoms with Crippen molar-refractivity contribution in [3.05, 3.63) is 63.9 Å². The molecule has 0 fully saturated rings. The third-order valence-electron chi connectivity index (χ3n) is 2.79. The monoisotopic (exact) mass is 309 g/mol. The van der Waals surface area contributed by atoms with Gasteiger partial charge in [0.05, 0.1) is 13.2 Å². The molecule has 18 heavy (non-hydrogen) atoms. The van der Waals surface area contributed by atoms with Crippen LogP contribution in [-0.4, -0.2) is 7.11 Å². The average Bonchev–Trinajstić information content (AvgIpc) is 2.38. The van der Waals surface area contributed by atoms with Gasteiger partial charge in [-0.15, -0.1) is 0 Å². The summed E-state index contributed by atoms with van der Waals surface area (Å²) >= 11 is 3.33.